The fraction of sp³-hybridized carbons (Fsp3) is 0.323. The number of thioether (sulfide) groups is 1. The molecule has 0 aromatic heterocycles. The molecule has 1 heterocycles. The van der Waals surface area contributed by atoms with E-state index in [0.717, 1.165) is 21.6 Å². The first-order valence-electron chi connectivity index (χ1n) is 13.4. The Bertz CT molecular complexity index is 1310. The van der Waals surface area contributed by atoms with Gasteiger partial charge in [0.1, 0.15) is 0 Å². The summed E-state index contributed by atoms with van der Waals surface area (Å²) < 4.78 is 12.7. The summed E-state index contributed by atoms with van der Waals surface area (Å²) in [4.78, 5) is 34.9. The number of anilines is 1. The Morgan fingerprint density at radius 2 is 1.49 bits per heavy atom. The number of rotatable bonds is 13. The third-order valence-corrected chi connectivity index (χ3v) is 7.81. The molecule has 4 N–H and O–H groups in total. The molecule has 3 atom stereocenters. The van der Waals surface area contributed by atoms with Gasteiger partial charge in [0.15, 0.2) is 6.29 Å². The second-order valence-electron chi connectivity index (χ2n) is 9.76. The van der Waals surface area contributed by atoms with E-state index in [-0.39, 0.29) is 43.1 Å². The molecule has 0 spiro atoms. The third kappa shape index (κ3) is 9.15. The number of nitrogens with one attached hydrogen (secondary N) is 1. The molecule has 1 aliphatic rings. The maximum absolute atomic E-state index is 12.2. The first-order chi connectivity index (χ1) is 19.8. The van der Waals surface area contributed by atoms with E-state index in [4.69, 9.17) is 19.7 Å². The monoisotopic (exact) mass is 579 g/mol. The number of carbonyl (C=O) groups excluding carboxylic acids is 1. The van der Waals surface area contributed by atoms with Gasteiger partial charge in [-0.05, 0) is 60.4 Å². The number of aliphatic hydroxyl groups excluding tert-OH is 1. The molecule has 0 saturated carbocycles. The Kier molecular flexibility index (Phi) is 10.9. The average Bonchev–Trinajstić information content (AvgIpc) is 2.98. The van der Waals surface area contributed by atoms with E-state index < -0.39 is 18.2 Å². The Morgan fingerprint density at radius 1 is 0.829 bits per heavy atom. The Morgan fingerprint density at radius 3 is 2.12 bits per heavy atom. The molecule has 0 unspecified atom stereocenters. The van der Waals surface area contributed by atoms with E-state index in [9.17, 15) is 19.5 Å². The maximum Gasteiger partial charge on any atom is 0.335 e. The molecule has 0 radical (unpaired) electrons. The van der Waals surface area contributed by atoms with Gasteiger partial charge in [0, 0.05) is 41.2 Å². The van der Waals surface area contributed by atoms with Crippen LogP contribution < -0.4 is 5.32 Å². The maximum atomic E-state index is 12.2. The number of amides is 1. The number of carboxylic acid groups (broad SMARTS) is 2. The highest BCUT2D eigenvalue weighted by Crippen LogP contribution is 2.39. The zero-order valence-corrected chi connectivity index (χ0v) is 23.2. The average molecular weight is 580 g/mol. The van der Waals surface area contributed by atoms with Crippen molar-refractivity contribution in [1.82, 2.24) is 0 Å². The molecule has 1 fully saturated rings. The second kappa shape index (κ2) is 14.8. The van der Waals surface area contributed by atoms with Crippen LogP contribution in [0.1, 0.15) is 71.5 Å². The van der Waals surface area contributed by atoms with Gasteiger partial charge in [-0.15, -0.1) is 11.8 Å². The van der Waals surface area contributed by atoms with Crippen LogP contribution in [0.4, 0.5) is 5.69 Å². The quantitative estimate of drug-likeness (QED) is 0.146. The molecular weight excluding hydrogens is 546 g/mol. The minimum Gasteiger partial charge on any atom is -0.481 e. The van der Waals surface area contributed by atoms with E-state index in [1.807, 2.05) is 36.4 Å². The summed E-state index contributed by atoms with van der Waals surface area (Å²) in [5.41, 5.74) is 3.45. The van der Waals surface area contributed by atoms with Crippen LogP contribution in [0.2, 0.25) is 0 Å². The first kappa shape index (κ1) is 30.3. The van der Waals surface area contributed by atoms with E-state index in [1.54, 1.807) is 48.2 Å². The molecule has 1 saturated heterocycles. The van der Waals surface area contributed by atoms with Gasteiger partial charge < -0.3 is 30.1 Å². The van der Waals surface area contributed by atoms with Gasteiger partial charge in [0.2, 0.25) is 5.91 Å². The number of benzene rings is 3. The van der Waals surface area contributed by atoms with Crippen LogP contribution in [0, 0.1) is 0 Å². The fourth-order valence-corrected chi connectivity index (χ4v) is 5.34. The van der Waals surface area contributed by atoms with Crippen LogP contribution in [0.25, 0.3) is 0 Å². The summed E-state index contributed by atoms with van der Waals surface area (Å²) in [7, 11) is 0. The van der Waals surface area contributed by atoms with Crippen LogP contribution in [0.15, 0.2) is 77.7 Å². The lowest BCUT2D eigenvalue weighted by Crippen LogP contribution is -2.31. The summed E-state index contributed by atoms with van der Waals surface area (Å²) in [6.07, 6.45) is 0.819. The number of aliphatic hydroxyl groups is 1. The van der Waals surface area contributed by atoms with Crippen LogP contribution in [-0.2, 0) is 25.7 Å². The van der Waals surface area contributed by atoms with Crippen molar-refractivity contribution in [2.24, 2.45) is 0 Å². The van der Waals surface area contributed by atoms with Gasteiger partial charge in [0.05, 0.1) is 24.4 Å². The molecule has 3 aromatic carbocycles. The van der Waals surface area contributed by atoms with Crippen LogP contribution in [0.3, 0.4) is 0 Å². The SMILES string of the molecule is O=C(O)CCCCC(=O)Nc1ccc([C@@H]2O[C@H](CSc3ccc(C(=O)O)cc3)C[C@H](c3ccc(CO)cc3)O2)cc1. The largest absolute Gasteiger partial charge is 0.481 e. The van der Waals surface area contributed by atoms with E-state index >= 15 is 0 Å². The predicted octanol–water partition coefficient (Wildman–Crippen LogP) is 5.80. The summed E-state index contributed by atoms with van der Waals surface area (Å²) in [5, 5.41) is 30.1. The lowest BCUT2D eigenvalue weighted by atomic mass is 10.0. The standard InChI is InChI=1S/C31H33NO8S/c33-18-20-5-7-21(8-6-20)27-17-25(19-41-26-15-11-22(12-16-26)30(37)38)39-31(40-27)23-9-13-24(14-10-23)32-28(34)3-1-2-4-29(35)36/h5-16,25,27,31,33H,1-4,17-19H2,(H,32,34)(H,35,36)(H,37,38)/t25-,27+,31+/m0/s1. The zero-order valence-electron chi connectivity index (χ0n) is 22.4. The topological polar surface area (TPSA) is 142 Å². The number of carboxylic acids is 2. The molecule has 3 aromatic rings. The molecule has 0 aliphatic carbocycles. The van der Waals surface area contributed by atoms with Crippen molar-refractivity contribution in [3.63, 3.8) is 0 Å². The van der Waals surface area contributed by atoms with Gasteiger partial charge in [-0.2, -0.15) is 0 Å². The molecule has 1 aliphatic heterocycles. The van der Waals surface area contributed by atoms with Crippen LogP contribution in [0.5, 0.6) is 0 Å². The normalized spacial score (nSPS) is 18.5. The molecule has 41 heavy (non-hydrogen) atoms. The number of hydrogen-bond donors (Lipinski definition) is 4. The van der Waals surface area contributed by atoms with Gasteiger partial charge in [0.25, 0.3) is 0 Å². The summed E-state index contributed by atoms with van der Waals surface area (Å²) in [5.74, 6) is -1.37. The van der Waals surface area contributed by atoms with Crippen molar-refractivity contribution in [1.29, 1.82) is 0 Å². The second-order valence-corrected chi connectivity index (χ2v) is 10.9. The number of unbranched alkanes of at least 4 members (excludes halogenated alkanes) is 1. The van der Waals surface area contributed by atoms with Gasteiger partial charge in [-0.3, -0.25) is 9.59 Å². The van der Waals surface area contributed by atoms with E-state index in [0.29, 0.717) is 30.7 Å². The minimum absolute atomic E-state index is 0.0390. The highest BCUT2D eigenvalue weighted by atomic mass is 32.2. The molecule has 0 bridgehead atoms. The third-order valence-electron chi connectivity index (χ3n) is 6.66. The van der Waals surface area contributed by atoms with Crippen molar-refractivity contribution >= 4 is 35.3 Å². The summed E-state index contributed by atoms with van der Waals surface area (Å²) in [6.45, 7) is -0.0390. The lowest BCUT2D eigenvalue weighted by molar-refractivity contribution is -0.245. The number of carbonyl (C=O) groups is 3. The van der Waals surface area contributed by atoms with Crippen molar-refractivity contribution < 1.29 is 39.2 Å². The number of aromatic carboxylic acids is 1. The van der Waals surface area contributed by atoms with Crippen LogP contribution >= 0.6 is 11.8 Å². The van der Waals surface area contributed by atoms with Crippen molar-refractivity contribution in [3.05, 3.63) is 95.1 Å². The zero-order chi connectivity index (χ0) is 29.2. The highest BCUT2D eigenvalue weighted by Gasteiger charge is 2.32. The molecule has 9 nitrogen and oxygen atoms in total. The van der Waals surface area contributed by atoms with Crippen LogP contribution in [-0.4, -0.2) is 45.0 Å². The summed E-state index contributed by atoms with van der Waals surface area (Å²) in [6, 6.07) is 21.6. The van der Waals surface area contributed by atoms with E-state index in [2.05, 4.69) is 5.32 Å². The Labute approximate surface area is 242 Å². The summed E-state index contributed by atoms with van der Waals surface area (Å²) >= 11 is 1.58. The highest BCUT2D eigenvalue weighted by molar-refractivity contribution is 7.99. The first-order valence-corrected chi connectivity index (χ1v) is 14.4. The minimum atomic E-state index is -0.964. The van der Waals surface area contributed by atoms with Gasteiger partial charge >= 0.3 is 11.9 Å². The van der Waals surface area contributed by atoms with Crippen molar-refractivity contribution in [3.8, 4) is 0 Å². The fourth-order valence-electron chi connectivity index (χ4n) is 4.41. The lowest BCUT2D eigenvalue weighted by Gasteiger charge is -2.36. The number of aliphatic carboxylic acids is 1. The Hall–Kier alpha value is -3.70. The van der Waals surface area contributed by atoms with Gasteiger partial charge in [-0.1, -0.05) is 36.4 Å². The molecule has 4 rings (SSSR count). The van der Waals surface area contributed by atoms with Gasteiger partial charge in [-0.25, -0.2) is 4.79 Å². The van der Waals surface area contributed by atoms with Crippen molar-refractivity contribution in [2.45, 2.75) is 62.1 Å². The number of hydrogen-bond acceptors (Lipinski definition) is 7. The molecular formula is C31H33NO8S. The molecule has 1 amide bonds. The Balaban J connectivity index is 1.42. The molecule has 10 heteroatoms. The van der Waals surface area contributed by atoms with Crippen molar-refractivity contribution in [2.75, 3.05) is 11.1 Å². The predicted molar refractivity (Wildman–Crippen MR) is 154 cm³/mol. The number of ether oxygens (including phenoxy) is 2. The van der Waals surface area contributed by atoms with E-state index in [1.165, 1.54) is 0 Å². The smallest absolute Gasteiger partial charge is 0.335 e. The molecule has 216 valence electrons.